The first kappa shape index (κ1) is 15.8. The Morgan fingerprint density at radius 2 is 1.10 bits per heavy atom. The third-order valence-corrected chi connectivity index (χ3v) is 6.02. The van der Waals surface area contributed by atoms with Crippen molar-refractivity contribution in [2.75, 3.05) is 0 Å². The van der Waals surface area contributed by atoms with Crippen molar-refractivity contribution in [3.8, 4) is 0 Å². The largest absolute Gasteiger partial charge is 0.0574 e. The lowest BCUT2D eigenvalue weighted by Crippen LogP contribution is -2.17. The molecule has 2 heteroatoms. The zero-order valence-corrected chi connectivity index (χ0v) is 16.4. The van der Waals surface area contributed by atoms with E-state index in [4.69, 9.17) is 0 Å². The highest BCUT2D eigenvalue weighted by Crippen LogP contribution is 2.40. The lowest BCUT2D eigenvalue weighted by Gasteiger charge is -2.31. The third-order valence-electron chi connectivity index (χ3n) is 4.58. The van der Waals surface area contributed by atoms with E-state index in [0.717, 1.165) is 5.92 Å². The van der Waals surface area contributed by atoms with Gasteiger partial charge in [0.1, 0.15) is 0 Å². The predicted octanol–water partition coefficient (Wildman–Crippen LogP) is 6.61. The molecular weight excluding hydrogens is 482 g/mol. The molecule has 1 aliphatic rings. The Kier molecular flexibility index (Phi) is 5.60. The van der Waals surface area contributed by atoms with Crippen molar-refractivity contribution in [1.29, 1.82) is 0 Å². The summed E-state index contributed by atoms with van der Waals surface area (Å²) in [6.45, 7) is 0. The van der Waals surface area contributed by atoms with Gasteiger partial charge in [0.25, 0.3) is 0 Å². The Bertz CT molecular complexity index is 520. The van der Waals surface area contributed by atoms with Gasteiger partial charge in [0.15, 0.2) is 0 Å². The maximum atomic E-state index is 2.39. The predicted molar refractivity (Wildman–Crippen MR) is 107 cm³/mol. The lowest BCUT2D eigenvalue weighted by atomic mass is 9.74. The molecule has 0 radical (unpaired) electrons. The first-order chi connectivity index (χ1) is 10.2. The van der Waals surface area contributed by atoms with E-state index in [0.29, 0.717) is 5.92 Å². The van der Waals surface area contributed by atoms with Crippen LogP contribution in [0.1, 0.15) is 49.1 Å². The summed E-state index contributed by atoms with van der Waals surface area (Å²) in [4.78, 5) is 0. The van der Waals surface area contributed by atoms with E-state index < -0.39 is 0 Å². The molecule has 0 aliphatic heterocycles. The van der Waals surface area contributed by atoms with Crippen LogP contribution < -0.4 is 0 Å². The Balaban J connectivity index is 1.97. The topological polar surface area (TPSA) is 0 Å². The molecule has 0 saturated heterocycles. The summed E-state index contributed by atoms with van der Waals surface area (Å²) in [6.07, 6.45) is 6.97. The summed E-state index contributed by atoms with van der Waals surface area (Å²) in [5.74, 6) is 1.37. The number of rotatable bonds is 3. The molecule has 0 unspecified atom stereocenters. The van der Waals surface area contributed by atoms with Crippen LogP contribution in [0.4, 0.5) is 0 Å². The standard InChI is InChI=1S/C19H20I2/c20-17-10-6-15(7-11-17)19(14-4-2-1-3-5-14)16-8-12-18(21)13-9-16/h6-14,19H,1-5H2. The summed E-state index contributed by atoms with van der Waals surface area (Å²) in [6, 6.07) is 18.3. The minimum atomic E-state index is 0.569. The van der Waals surface area contributed by atoms with Crippen molar-refractivity contribution >= 4 is 45.2 Å². The zero-order chi connectivity index (χ0) is 14.7. The molecule has 110 valence electrons. The molecule has 2 aromatic carbocycles. The monoisotopic (exact) mass is 502 g/mol. The second kappa shape index (κ2) is 7.44. The lowest BCUT2D eigenvalue weighted by molar-refractivity contribution is 0.327. The normalized spacial score (nSPS) is 16.3. The van der Waals surface area contributed by atoms with E-state index in [1.54, 1.807) is 0 Å². The minimum Gasteiger partial charge on any atom is -0.0574 e. The molecule has 2 aromatic rings. The number of hydrogen-bond donors (Lipinski definition) is 0. The molecule has 0 amide bonds. The molecule has 0 N–H and O–H groups in total. The van der Waals surface area contributed by atoms with Crippen molar-refractivity contribution in [2.24, 2.45) is 5.92 Å². The molecule has 0 bridgehead atoms. The first-order valence-corrected chi connectivity index (χ1v) is 9.91. The highest BCUT2D eigenvalue weighted by molar-refractivity contribution is 14.1. The summed E-state index contributed by atoms with van der Waals surface area (Å²) in [7, 11) is 0. The van der Waals surface area contributed by atoms with Gasteiger partial charge >= 0.3 is 0 Å². The molecule has 0 aromatic heterocycles. The van der Waals surface area contributed by atoms with E-state index in [2.05, 4.69) is 93.7 Å². The third kappa shape index (κ3) is 4.01. The maximum Gasteiger partial charge on any atom is 0.0130 e. The van der Waals surface area contributed by atoms with E-state index in [1.807, 2.05) is 0 Å². The fourth-order valence-electron chi connectivity index (χ4n) is 3.54. The van der Waals surface area contributed by atoms with Crippen LogP contribution in [0.2, 0.25) is 0 Å². The summed E-state index contributed by atoms with van der Waals surface area (Å²) in [5.41, 5.74) is 2.98. The molecule has 1 aliphatic carbocycles. The van der Waals surface area contributed by atoms with Gasteiger partial charge in [-0.2, -0.15) is 0 Å². The fraction of sp³-hybridized carbons (Fsp3) is 0.368. The second-order valence-electron chi connectivity index (χ2n) is 5.98. The van der Waals surface area contributed by atoms with Crippen LogP contribution in [-0.4, -0.2) is 0 Å². The van der Waals surface area contributed by atoms with Gasteiger partial charge in [0.05, 0.1) is 0 Å². The molecule has 1 saturated carbocycles. The van der Waals surface area contributed by atoms with Gasteiger partial charge in [-0.1, -0.05) is 43.5 Å². The second-order valence-corrected chi connectivity index (χ2v) is 8.47. The van der Waals surface area contributed by atoms with Crippen molar-refractivity contribution < 1.29 is 0 Å². The van der Waals surface area contributed by atoms with Gasteiger partial charge in [-0.15, -0.1) is 0 Å². The van der Waals surface area contributed by atoms with Gasteiger partial charge in [0, 0.05) is 13.1 Å². The molecule has 0 atom stereocenters. The Morgan fingerprint density at radius 3 is 1.52 bits per heavy atom. The fourth-order valence-corrected chi connectivity index (χ4v) is 4.26. The van der Waals surface area contributed by atoms with Crippen molar-refractivity contribution in [2.45, 2.75) is 38.0 Å². The Hall–Kier alpha value is -0.100. The average molecular weight is 502 g/mol. The van der Waals surface area contributed by atoms with E-state index in [9.17, 15) is 0 Å². The number of hydrogen-bond acceptors (Lipinski definition) is 0. The first-order valence-electron chi connectivity index (χ1n) is 7.75. The zero-order valence-electron chi connectivity index (χ0n) is 12.1. The molecule has 1 fully saturated rings. The van der Waals surface area contributed by atoms with Crippen LogP contribution in [0.15, 0.2) is 48.5 Å². The van der Waals surface area contributed by atoms with Crippen LogP contribution in [0.5, 0.6) is 0 Å². The highest BCUT2D eigenvalue weighted by atomic mass is 127. The van der Waals surface area contributed by atoms with E-state index >= 15 is 0 Å². The Morgan fingerprint density at radius 1 is 0.667 bits per heavy atom. The van der Waals surface area contributed by atoms with Gasteiger partial charge in [0.2, 0.25) is 0 Å². The van der Waals surface area contributed by atoms with Gasteiger partial charge < -0.3 is 0 Å². The van der Waals surface area contributed by atoms with Gasteiger partial charge in [-0.25, -0.2) is 0 Å². The quantitative estimate of drug-likeness (QED) is 0.415. The smallest absolute Gasteiger partial charge is 0.0130 e. The van der Waals surface area contributed by atoms with Crippen LogP contribution >= 0.6 is 45.2 Å². The molecule has 0 heterocycles. The summed E-state index contributed by atoms with van der Waals surface area (Å²) >= 11 is 4.78. The molecule has 21 heavy (non-hydrogen) atoms. The van der Waals surface area contributed by atoms with E-state index in [-0.39, 0.29) is 0 Å². The number of halogens is 2. The SMILES string of the molecule is Ic1ccc(C(c2ccc(I)cc2)C2CCCCC2)cc1. The van der Waals surface area contributed by atoms with Crippen molar-refractivity contribution in [3.63, 3.8) is 0 Å². The van der Waals surface area contributed by atoms with Gasteiger partial charge in [-0.3, -0.25) is 0 Å². The van der Waals surface area contributed by atoms with Gasteiger partial charge in [-0.05, 0) is 99.3 Å². The average Bonchev–Trinajstić information content (AvgIpc) is 2.52. The van der Waals surface area contributed by atoms with Crippen LogP contribution in [0.3, 0.4) is 0 Å². The number of benzene rings is 2. The van der Waals surface area contributed by atoms with Crippen LogP contribution in [0.25, 0.3) is 0 Å². The van der Waals surface area contributed by atoms with Crippen LogP contribution in [-0.2, 0) is 0 Å². The molecule has 3 rings (SSSR count). The summed E-state index contributed by atoms with van der Waals surface area (Å²) < 4.78 is 2.64. The van der Waals surface area contributed by atoms with Crippen molar-refractivity contribution in [3.05, 3.63) is 66.8 Å². The minimum absolute atomic E-state index is 0.569. The maximum absolute atomic E-state index is 2.39. The highest BCUT2D eigenvalue weighted by Gasteiger charge is 2.26. The molecule has 0 spiro atoms. The Labute approximate surface area is 155 Å². The van der Waals surface area contributed by atoms with Crippen molar-refractivity contribution in [1.82, 2.24) is 0 Å². The summed E-state index contributed by atoms with van der Waals surface area (Å²) in [5, 5.41) is 0. The van der Waals surface area contributed by atoms with Crippen LogP contribution in [0, 0.1) is 13.1 Å². The molecular formula is C19H20I2. The van der Waals surface area contributed by atoms with E-state index in [1.165, 1.54) is 50.4 Å². The molecule has 0 nitrogen and oxygen atoms in total.